The zero-order valence-electron chi connectivity index (χ0n) is 7.84. The number of rotatable bonds is 3. The molecule has 0 saturated heterocycles. The molecule has 0 amide bonds. The molecule has 0 aromatic heterocycles. The van der Waals surface area contributed by atoms with Gasteiger partial charge >= 0.3 is 0 Å². The van der Waals surface area contributed by atoms with Gasteiger partial charge in [0.2, 0.25) is 0 Å². The van der Waals surface area contributed by atoms with Crippen LogP contribution in [0.4, 0.5) is 4.39 Å². The summed E-state index contributed by atoms with van der Waals surface area (Å²) in [5.41, 5.74) is 6.13. The lowest BCUT2D eigenvalue weighted by Gasteiger charge is -2.14. The Morgan fingerprint density at radius 1 is 1.50 bits per heavy atom. The molecule has 1 atom stereocenters. The summed E-state index contributed by atoms with van der Waals surface area (Å²) in [6.45, 7) is 0. The fraction of sp³-hybridized carbons (Fsp3) is 0.455. The van der Waals surface area contributed by atoms with Crippen LogP contribution in [0.15, 0.2) is 24.3 Å². The van der Waals surface area contributed by atoms with E-state index >= 15 is 0 Å². The zero-order chi connectivity index (χ0) is 10.2. The number of alkyl halides is 1. The lowest BCUT2D eigenvalue weighted by atomic mass is 10.0. The second kappa shape index (κ2) is 3.52. The van der Waals surface area contributed by atoms with Crippen LogP contribution in [0.2, 0.25) is 5.02 Å². The van der Waals surface area contributed by atoms with E-state index in [2.05, 4.69) is 0 Å². The molecule has 1 aliphatic carbocycles. The van der Waals surface area contributed by atoms with E-state index in [1.807, 2.05) is 12.1 Å². The van der Waals surface area contributed by atoms with E-state index in [-0.39, 0.29) is 0 Å². The van der Waals surface area contributed by atoms with Crippen LogP contribution in [0.1, 0.15) is 18.4 Å². The van der Waals surface area contributed by atoms with Gasteiger partial charge in [-0.3, -0.25) is 0 Å². The predicted octanol–water partition coefficient (Wildman–Crippen LogP) is 2.71. The summed E-state index contributed by atoms with van der Waals surface area (Å²) >= 11 is 5.80. The lowest BCUT2D eigenvalue weighted by molar-refractivity contribution is 0.266. The molecular weight excluding hydrogens is 201 g/mol. The average Bonchev–Trinajstić information content (AvgIpc) is 2.85. The van der Waals surface area contributed by atoms with Crippen molar-refractivity contribution in [3.63, 3.8) is 0 Å². The molecule has 1 fully saturated rings. The molecule has 1 saturated carbocycles. The molecule has 1 aromatic carbocycles. The Hall–Kier alpha value is -0.600. The molecule has 1 nitrogen and oxygen atoms in total. The number of benzene rings is 1. The van der Waals surface area contributed by atoms with Gasteiger partial charge in [-0.2, -0.15) is 0 Å². The van der Waals surface area contributed by atoms with Gasteiger partial charge in [0.15, 0.2) is 0 Å². The van der Waals surface area contributed by atoms with Crippen molar-refractivity contribution >= 4 is 11.6 Å². The summed E-state index contributed by atoms with van der Waals surface area (Å²) in [5.74, 6) is 0. The molecule has 0 bridgehead atoms. The standard InChI is InChI=1S/C11H13ClFN/c12-9-3-1-2-8(6-9)7-10(13)11(14)4-5-11/h1-3,6,10H,4-5,7,14H2. The van der Waals surface area contributed by atoms with Crippen molar-refractivity contribution in [2.24, 2.45) is 5.73 Å². The van der Waals surface area contributed by atoms with Crippen LogP contribution in [0.25, 0.3) is 0 Å². The molecule has 2 rings (SSSR count). The topological polar surface area (TPSA) is 26.0 Å². The molecule has 1 aliphatic rings. The first kappa shape index (κ1) is 9.94. The number of hydrogen-bond acceptors (Lipinski definition) is 1. The van der Waals surface area contributed by atoms with Crippen LogP contribution in [-0.4, -0.2) is 11.7 Å². The van der Waals surface area contributed by atoms with Crippen molar-refractivity contribution in [3.05, 3.63) is 34.9 Å². The molecule has 0 heterocycles. The van der Waals surface area contributed by atoms with Crippen LogP contribution in [0.5, 0.6) is 0 Å². The smallest absolute Gasteiger partial charge is 0.122 e. The van der Waals surface area contributed by atoms with Crippen LogP contribution in [-0.2, 0) is 6.42 Å². The second-order valence-electron chi connectivity index (χ2n) is 4.03. The highest BCUT2D eigenvalue weighted by atomic mass is 35.5. The van der Waals surface area contributed by atoms with E-state index in [9.17, 15) is 4.39 Å². The Morgan fingerprint density at radius 3 is 2.79 bits per heavy atom. The van der Waals surface area contributed by atoms with Crippen LogP contribution in [0.3, 0.4) is 0 Å². The van der Waals surface area contributed by atoms with Crippen molar-refractivity contribution < 1.29 is 4.39 Å². The predicted molar refractivity (Wildman–Crippen MR) is 56.2 cm³/mol. The maximum absolute atomic E-state index is 13.6. The van der Waals surface area contributed by atoms with Gasteiger partial charge in [-0.05, 0) is 30.5 Å². The van der Waals surface area contributed by atoms with E-state index in [1.165, 1.54) is 0 Å². The molecule has 76 valence electrons. The van der Waals surface area contributed by atoms with E-state index in [0.717, 1.165) is 18.4 Å². The second-order valence-corrected chi connectivity index (χ2v) is 4.47. The lowest BCUT2D eigenvalue weighted by Crippen LogP contribution is -2.35. The highest BCUT2D eigenvalue weighted by Crippen LogP contribution is 2.38. The molecule has 3 heteroatoms. The van der Waals surface area contributed by atoms with Crippen LogP contribution >= 0.6 is 11.6 Å². The first-order chi connectivity index (χ1) is 6.60. The SMILES string of the molecule is NC1(C(F)Cc2cccc(Cl)c2)CC1. The highest BCUT2D eigenvalue weighted by molar-refractivity contribution is 6.30. The Morgan fingerprint density at radius 2 is 2.21 bits per heavy atom. The Bertz CT molecular complexity index is 336. The molecule has 0 radical (unpaired) electrons. The number of nitrogens with two attached hydrogens (primary N) is 1. The third-order valence-electron chi connectivity index (χ3n) is 2.76. The van der Waals surface area contributed by atoms with Crippen molar-refractivity contribution in [2.75, 3.05) is 0 Å². The first-order valence-electron chi connectivity index (χ1n) is 4.77. The summed E-state index contributed by atoms with van der Waals surface area (Å²) in [7, 11) is 0. The molecule has 1 aromatic rings. The minimum Gasteiger partial charge on any atom is -0.323 e. The molecule has 14 heavy (non-hydrogen) atoms. The third-order valence-corrected chi connectivity index (χ3v) is 2.99. The van der Waals surface area contributed by atoms with Crippen molar-refractivity contribution in [3.8, 4) is 0 Å². The van der Waals surface area contributed by atoms with Crippen molar-refractivity contribution in [1.29, 1.82) is 0 Å². The summed E-state index contributed by atoms with van der Waals surface area (Å²) < 4.78 is 13.6. The minimum atomic E-state index is -0.944. The normalized spacial score (nSPS) is 20.5. The van der Waals surface area contributed by atoms with Gasteiger partial charge in [0.1, 0.15) is 6.17 Å². The summed E-state index contributed by atoms with van der Waals surface area (Å²) in [4.78, 5) is 0. The number of halogens is 2. The molecule has 2 N–H and O–H groups in total. The van der Waals surface area contributed by atoms with Gasteiger partial charge in [0.25, 0.3) is 0 Å². The maximum Gasteiger partial charge on any atom is 0.122 e. The van der Waals surface area contributed by atoms with Crippen molar-refractivity contribution in [2.45, 2.75) is 31.0 Å². The monoisotopic (exact) mass is 213 g/mol. The molecule has 0 spiro atoms. The van der Waals surface area contributed by atoms with Gasteiger partial charge in [0.05, 0.1) is 0 Å². The summed E-state index contributed by atoms with van der Waals surface area (Å²) in [6.07, 6.45) is 1.03. The Kier molecular flexibility index (Phi) is 2.50. The highest BCUT2D eigenvalue weighted by Gasteiger charge is 2.46. The largest absolute Gasteiger partial charge is 0.323 e. The summed E-state index contributed by atoms with van der Waals surface area (Å²) in [5, 5.41) is 0.650. The zero-order valence-corrected chi connectivity index (χ0v) is 8.60. The van der Waals surface area contributed by atoms with E-state index in [0.29, 0.717) is 11.4 Å². The third kappa shape index (κ3) is 2.07. The van der Waals surface area contributed by atoms with Crippen LogP contribution < -0.4 is 5.73 Å². The average molecular weight is 214 g/mol. The number of hydrogen-bond donors (Lipinski definition) is 1. The summed E-state index contributed by atoms with van der Waals surface area (Å²) in [6, 6.07) is 7.29. The quantitative estimate of drug-likeness (QED) is 0.821. The Labute approximate surface area is 88.1 Å². The fourth-order valence-corrected chi connectivity index (χ4v) is 1.74. The van der Waals surface area contributed by atoms with E-state index in [4.69, 9.17) is 17.3 Å². The molecular formula is C11H13ClFN. The maximum atomic E-state index is 13.6. The van der Waals surface area contributed by atoms with Gasteiger partial charge in [-0.1, -0.05) is 23.7 Å². The van der Waals surface area contributed by atoms with Gasteiger partial charge in [-0.15, -0.1) is 0 Å². The van der Waals surface area contributed by atoms with Gasteiger partial charge in [-0.25, -0.2) is 4.39 Å². The first-order valence-corrected chi connectivity index (χ1v) is 5.15. The van der Waals surface area contributed by atoms with Gasteiger partial charge in [0, 0.05) is 17.0 Å². The van der Waals surface area contributed by atoms with Crippen LogP contribution in [0, 0.1) is 0 Å². The molecule has 1 unspecified atom stereocenters. The van der Waals surface area contributed by atoms with E-state index < -0.39 is 11.7 Å². The van der Waals surface area contributed by atoms with Gasteiger partial charge < -0.3 is 5.73 Å². The Balaban J connectivity index is 2.03. The minimum absolute atomic E-state index is 0.372. The molecule has 0 aliphatic heterocycles. The fourth-order valence-electron chi connectivity index (χ4n) is 1.53. The van der Waals surface area contributed by atoms with Crippen molar-refractivity contribution in [1.82, 2.24) is 0 Å². The van der Waals surface area contributed by atoms with E-state index in [1.54, 1.807) is 12.1 Å².